The number of hydrogen-bond acceptors (Lipinski definition) is 6. The quantitative estimate of drug-likeness (QED) is 0.447. The summed E-state index contributed by atoms with van der Waals surface area (Å²) >= 11 is 0. The van der Waals surface area contributed by atoms with E-state index >= 15 is 0 Å². The van der Waals surface area contributed by atoms with Gasteiger partial charge in [-0.25, -0.2) is 12.7 Å². The van der Waals surface area contributed by atoms with Crippen LogP contribution in [0, 0.1) is 5.92 Å². The minimum Gasteiger partial charge on any atom is -0.469 e. The van der Waals surface area contributed by atoms with Crippen molar-refractivity contribution < 1.29 is 17.9 Å². The van der Waals surface area contributed by atoms with Crippen LogP contribution < -0.4 is 5.32 Å². The van der Waals surface area contributed by atoms with Crippen molar-refractivity contribution in [2.45, 2.75) is 49.6 Å². The van der Waals surface area contributed by atoms with Crippen molar-refractivity contribution in [1.82, 2.24) is 14.5 Å². The van der Waals surface area contributed by atoms with Gasteiger partial charge in [-0.05, 0) is 55.8 Å². The predicted octanol–water partition coefficient (Wildman–Crippen LogP) is 3.69. The van der Waals surface area contributed by atoms with Gasteiger partial charge in [-0.3, -0.25) is 9.69 Å². The Morgan fingerprint density at radius 1 is 1.14 bits per heavy atom. The number of hydrogen-bond donors (Lipinski definition) is 1. The first kappa shape index (κ1) is 27.3. The first-order valence-electron chi connectivity index (χ1n) is 12.5. The summed E-state index contributed by atoms with van der Waals surface area (Å²) in [6.07, 6.45) is 3.43. The summed E-state index contributed by atoms with van der Waals surface area (Å²) in [4.78, 5) is 14.9. The van der Waals surface area contributed by atoms with Crippen molar-refractivity contribution in [2.75, 3.05) is 40.3 Å². The van der Waals surface area contributed by atoms with Gasteiger partial charge >= 0.3 is 5.97 Å². The molecule has 2 aromatic rings. The lowest BCUT2D eigenvalue weighted by atomic mass is 9.92. The first-order valence-corrected chi connectivity index (χ1v) is 13.9. The summed E-state index contributed by atoms with van der Waals surface area (Å²) in [6.45, 7) is 5.03. The molecule has 0 amide bonds. The van der Waals surface area contributed by atoms with Crippen molar-refractivity contribution in [3.05, 3.63) is 66.2 Å². The number of piperidine rings is 1. The van der Waals surface area contributed by atoms with Crippen LogP contribution in [-0.2, 0) is 19.6 Å². The van der Waals surface area contributed by atoms with E-state index in [1.54, 1.807) is 31.3 Å². The van der Waals surface area contributed by atoms with E-state index in [2.05, 4.69) is 29.3 Å². The maximum atomic E-state index is 13.2. The number of nitrogens with zero attached hydrogens (tertiary/aromatic N) is 2. The number of carbonyl (C=O) groups is 1. The minimum atomic E-state index is -3.57. The van der Waals surface area contributed by atoms with E-state index in [-0.39, 0.29) is 24.0 Å². The smallest absolute Gasteiger partial charge is 0.308 e. The maximum absolute atomic E-state index is 13.2. The zero-order chi connectivity index (χ0) is 25.3. The van der Waals surface area contributed by atoms with Crippen LogP contribution in [0.1, 0.15) is 44.1 Å². The number of sulfonamides is 1. The molecule has 3 atom stereocenters. The summed E-state index contributed by atoms with van der Waals surface area (Å²) in [7, 11) is -0.461. The number of nitrogens with one attached hydrogen (secondary N) is 1. The minimum absolute atomic E-state index is 0.0462. The Balaban J connectivity index is 1.73. The van der Waals surface area contributed by atoms with Gasteiger partial charge in [-0.2, -0.15) is 0 Å². The van der Waals surface area contributed by atoms with Gasteiger partial charge in [0.25, 0.3) is 0 Å². The molecule has 0 spiro atoms. The Morgan fingerprint density at radius 2 is 1.80 bits per heavy atom. The summed E-state index contributed by atoms with van der Waals surface area (Å²) in [5, 5.41) is 3.59. The van der Waals surface area contributed by atoms with Crippen LogP contribution >= 0.6 is 0 Å². The van der Waals surface area contributed by atoms with E-state index < -0.39 is 10.0 Å². The summed E-state index contributed by atoms with van der Waals surface area (Å²) in [5.74, 6) is -0.176. The molecule has 3 rings (SSSR count). The topological polar surface area (TPSA) is 79.0 Å². The zero-order valence-electron chi connectivity index (χ0n) is 21.1. The van der Waals surface area contributed by atoms with E-state index in [9.17, 15) is 13.2 Å². The first-order chi connectivity index (χ1) is 16.9. The SMILES string of the molecule is CCCN[C@@H]1CC(C(=O)OC)CCN1CC[C@@H](CN(C)S(=O)(=O)c1ccccc1)c1ccccc1. The largest absolute Gasteiger partial charge is 0.469 e. The number of esters is 1. The molecule has 1 unspecified atom stereocenters. The number of benzene rings is 2. The molecule has 35 heavy (non-hydrogen) atoms. The summed E-state index contributed by atoms with van der Waals surface area (Å²) in [5.41, 5.74) is 1.13. The van der Waals surface area contributed by atoms with Crippen molar-refractivity contribution in [1.29, 1.82) is 0 Å². The lowest BCUT2D eigenvalue weighted by Gasteiger charge is -2.40. The molecule has 0 aromatic heterocycles. The highest BCUT2D eigenvalue weighted by atomic mass is 32.2. The van der Waals surface area contributed by atoms with Gasteiger partial charge in [0, 0.05) is 26.7 Å². The van der Waals surface area contributed by atoms with E-state index in [4.69, 9.17) is 4.74 Å². The van der Waals surface area contributed by atoms with Crippen LogP contribution in [0.15, 0.2) is 65.6 Å². The monoisotopic (exact) mass is 501 g/mol. The highest BCUT2D eigenvalue weighted by molar-refractivity contribution is 7.89. The molecule has 0 radical (unpaired) electrons. The molecular weight excluding hydrogens is 462 g/mol. The van der Waals surface area contributed by atoms with Gasteiger partial charge < -0.3 is 10.1 Å². The van der Waals surface area contributed by atoms with Crippen molar-refractivity contribution in [2.24, 2.45) is 5.92 Å². The number of methoxy groups -OCH3 is 1. The molecule has 1 aliphatic heterocycles. The Morgan fingerprint density at radius 3 is 2.43 bits per heavy atom. The van der Waals surface area contributed by atoms with Crippen LogP contribution in [0.3, 0.4) is 0 Å². The fourth-order valence-electron chi connectivity index (χ4n) is 4.78. The van der Waals surface area contributed by atoms with E-state index in [1.807, 2.05) is 24.3 Å². The van der Waals surface area contributed by atoms with Crippen LogP contribution in [0.25, 0.3) is 0 Å². The molecule has 7 nitrogen and oxygen atoms in total. The summed E-state index contributed by atoms with van der Waals surface area (Å²) < 4.78 is 32.8. The Hall–Kier alpha value is -2.26. The van der Waals surface area contributed by atoms with Crippen molar-refractivity contribution >= 4 is 16.0 Å². The third-order valence-electron chi connectivity index (χ3n) is 6.84. The molecule has 1 heterocycles. The number of carbonyl (C=O) groups excluding carboxylic acids is 1. The van der Waals surface area contributed by atoms with Crippen LogP contribution in [-0.4, -0.2) is 70.1 Å². The van der Waals surface area contributed by atoms with E-state index in [0.717, 1.165) is 50.9 Å². The molecular formula is C27H39N3O4S. The van der Waals surface area contributed by atoms with Gasteiger partial charge in [0.1, 0.15) is 0 Å². The second-order valence-electron chi connectivity index (χ2n) is 9.25. The van der Waals surface area contributed by atoms with Crippen molar-refractivity contribution in [3.63, 3.8) is 0 Å². The number of likely N-dealkylation sites (tertiary alicyclic amines) is 1. The van der Waals surface area contributed by atoms with Crippen LogP contribution in [0.2, 0.25) is 0 Å². The third-order valence-corrected chi connectivity index (χ3v) is 8.68. The molecule has 1 aliphatic rings. The fraction of sp³-hybridized carbons (Fsp3) is 0.519. The third kappa shape index (κ3) is 7.36. The van der Waals surface area contributed by atoms with Crippen LogP contribution in [0.5, 0.6) is 0 Å². The Labute approximate surface area is 210 Å². The lowest BCUT2D eigenvalue weighted by Crippen LogP contribution is -2.52. The number of likely N-dealkylation sites (N-methyl/N-ethyl adjacent to an activating group) is 1. The highest BCUT2D eigenvalue weighted by Gasteiger charge is 2.33. The molecule has 1 saturated heterocycles. The molecule has 0 bridgehead atoms. The molecule has 1 N–H and O–H groups in total. The Bertz CT molecular complexity index is 1020. The van der Waals surface area contributed by atoms with E-state index in [0.29, 0.717) is 11.4 Å². The van der Waals surface area contributed by atoms with Crippen LogP contribution in [0.4, 0.5) is 0 Å². The average Bonchev–Trinajstić information content (AvgIpc) is 2.90. The number of ether oxygens (including phenoxy) is 1. The molecule has 0 saturated carbocycles. The van der Waals surface area contributed by atoms with E-state index in [1.165, 1.54) is 11.4 Å². The van der Waals surface area contributed by atoms with Gasteiger partial charge in [0.15, 0.2) is 0 Å². The molecule has 192 valence electrons. The predicted molar refractivity (Wildman–Crippen MR) is 138 cm³/mol. The summed E-state index contributed by atoms with van der Waals surface area (Å²) in [6, 6.07) is 18.7. The highest BCUT2D eigenvalue weighted by Crippen LogP contribution is 2.27. The maximum Gasteiger partial charge on any atom is 0.308 e. The molecule has 0 aliphatic carbocycles. The normalized spacial score (nSPS) is 20.0. The van der Waals surface area contributed by atoms with Gasteiger partial charge in [0.05, 0.1) is 24.1 Å². The molecule has 8 heteroatoms. The molecule has 1 fully saturated rings. The number of rotatable bonds is 12. The second kappa shape index (κ2) is 13.2. The zero-order valence-corrected chi connectivity index (χ0v) is 21.9. The lowest BCUT2D eigenvalue weighted by molar-refractivity contribution is -0.148. The fourth-order valence-corrected chi connectivity index (χ4v) is 6.01. The second-order valence-corrected chi connectivity index (χ2v) is 11.3. The molecule has 2 aromatic carbocycles. The standard InChI is InChI=1S/C27H39N3O4S/c1-4-17-28-26-20-23(27(31)34-3)15-18-30(26)19-16-24(22-11-7-5-8-12-22)21-29(2)35(32,33)25-13-9-6-10-14-25/h5-14,23-24,26,28H,4,15-21H2,1-3H3/t23?,24-,26-/m0/s1. The van der Waals surface area contributed by atoms with Crippen molar-refractivity contribution in [3.8, 4) is 0 Å². The van der Waals surface area contributed by atoms with Gasteiger partial charge in [0.2, 0.25) is 10.0 Å². The van der Waals surface area contributed by atoms with Gasteiger partial charge in [-0.15, -0.1) is 0 Å². The van der Waals surface area contributed by atoms with Gasteiger partial charge in [-0.1, -0.05) is 55.5 Å². The average molecular weight is 502 g/mol. The Kier molecular flexibility index (Phi) is 10.3.